The highest BCUT2D eigenvalue weighted by Gasteiger charge is 2.27. The van der Waals surface area contributed by atoms with Crippen molar-refractivity contribution in [2.75, 3.05) is 0 Å². The van der Waals surface area contributed by atoms with E-state index in [0.717, 1.165) is 0 Å². The molecule has 0 aromatic rings. The van der Waals surface area contributed by atoms with Crippen molar-refractivity contribution in [1.82, 2.24) is 10.6 Å². The van der Waals surface area contributed by atoms with Crippen LogP contribution in [0.2, 0.25) is 0 Å². The molecular weight excluding hydrogens is 250 g/mol. The van der Waals surface area contributed by atoms with E-state index in [1.807, 2.05) is 6.07 Å². The number of carbonyl (C=O) groups is 3. The number of carbonyl (C=O) groups excluding carboxylic acids is 2. The average molecular weight is 269 g/mol. The summed E-state index contributed by atoms with van der Waals surface area (Å²) in [5, 5.41) is 22.2. The van der Waals surface area contributed by atoms with Crippen LogP contribution in [0.25, 0.3) is 0 Å². The minimum Gasteiger partial charge on any atom is -0.480 e. The average Bonchev–Trinajstić information content (AvgIpc) is 2.30. The van der Waals surface area contributed by atoms with Crippen molar-refractivity contribution in [3.63, 3.8) is 0 Å². The van der Waals surface area contributed by atoms with Crippen LogP contribution in [-0.4, -0.2) is 35.0 Å². The Morgan fingerprint density at radius 2 is 1.84 bits per heavy atom. The van der Waals surface area contributed by atoms with Crippen LogP contribution in [0.15, 0.2) is 0 Å². The normalized spacial score (nSPS) is 13.2. The highest BCUT2D eigenvalue weighted by atomic mass is 16.4. The largest absolute Gasteiger partial charge is 0.480 e. The van der Waals surface area contributed by atoms with Gasteiger partial charge in [-0.2, -0.15) is 5.26 Å². The number of hydrogen-bond acceptors (Lipinski definition) is 4. The summed E-state index contributed by atoms with van der Waals surface area (Å²) in [5.74, 6) is -2.29. The molecule has 0 saturated carbocycles. The van der Waals surface area contributed by atoms with E-state index in [9.17, 15) is 14.4 Å². The molecule has 2 atom stereocenters. The van der Waals surface area contributed by atoms with Crippen molar-refractivity contribution < 1.29 is 19.5 Å². The number of carboxylic acids is 1. The molecule has 106 valence electrons. The fourth-order valence-corrected chi connectivity index (χ4v) is 1.48. The molecule has 19 heavy (non-hydrogen) atoms. The van der Waals surface area contributed by atoms with Gasteiger partial charge < -0.3 is 15.7 Å². The van der Waals surface area contributed by atoms with Crippen LogP contribution >= 0.6 is 0 Å². The molecule has 0 spiro atoms. The van der Waals surface area contributed by atoms with Gasteiger partial charge in [0.2, 0.25) is 11.8 Å². The standard InChI is InChI=1S/C12H19N3O4/c1-7(2)10(14-8(3)16)11(17)15-9(12(18)19)5-4-6-13/h7,9-10H,4-5H2,1-3H3,(H,14,16)(H,15,17)(H,18,19)/t9-,10-/m1/s1. The molecule has 3 N–H and O–H groups in total. The van der Waals surface area contributed by atoms with Gasteiger partial charge in [-0.1, -0.05) is 13.8 Å². The number of amides is 2. The van der Waals surface area contributed by atoms with Gasteiger partial charge in [0.15, 0.2) is 0 Å². The van der Waals surface area contributed by atoms with E-state index in [2.05, 4.69) is 10.6 Å². The number of aliphatic carboxylic acids is 1. The molecule has 0 aliphatic rings. The topological polar surface area (TPSA) is 119 Å². The van der Waals surface area contributed by atoms with Crippen LogP contribution in [0.4, 0.5) is 0 Å². The van der Waals surface area contributed by atoms with E-state index in [1.165, 1.54) is 6.92 Å². The summed E-state index contributed by atoms with van der Waals surface area (Å²) in [5.41, 5.74) is 0. The van der Waals surface area contributed by atoms with Gasteiger partial charge in [-0.25, -0.2) is 4.79 Å². The van der Waals surface area contributed by atoms with E-state index >= 15 is 0 Å². The number of nitrogens with zero attached hydrogens (tertiary/aromatic N) is 1. The van der Waals surface area contributed by atoms with Crippen molar-refractivity contribution in [2.24, 2.45) is 5.92 Å². The van der Waals surface area contributed by atoms with Crippen molar-refractivity contribution in [3.05, 3.63) is 0 Å². The highest BCUT2D eigenvalue weighted by Crippen LogP contribution is 2.04. The van der Waals surface area contributed by atoms with Crippen LogP contribution in [0.1, 0.15) is 33.6 Å². The lowest BCUT2D eigenvalue weighted by Crippen LogP contribution is -2.53. The maximum Gasteiger partial charge on any atom is 0.326 e. The van der Waals surface area contributed by atoms with E-state index in [0.29, 0.717) is 0 Å². The Balaban J connectivity index is 4.71. The Morgan fingerprint density at radius 1 is 1.26 bits per heavy atom. The summed E-state index contributed by atoms with van der Waals surface area (Å²) in [6.45, 7) is 4.77. The van der Waals surface area contributed by atoms with Gasteiger partial charge in [-0.15, -0.1) is 0 Å². The van der Waals surface area contributed by atoms with E-state index in [4.69, 9.17) is 10.4 Å². The summed E-state index contributed by atoms with van der Waals surface area (Å²) in [4.78, 5) is 33.9. The molecule has 0 aromatic carbocycles. The number of carboxylic acid groups (broad SMARTS) is 1. The fourth-order valence-electron chi connectivity index (χ4n) is 1.48. The number of hydrogen-bond donors (Lipinski definition) is 3. The van der Waals surface area contributed by atoms with E-state index in [1.54, 1.807) is 13.8 Å². The minimum absolute atomic E-state index is 0.0302. The molecule has 0 aromatic heterocycles. The lowest BCUT2D eigenvalue weighted by molar-refractivity contribution is -0.142. The summed E-state index contributed by atoms with van der Waals surface area (Å²) < 4.78 is 0. The molecule has 0 unspecified atom stereocenters. The summed E-state index contributed by atoms with van der Waals surface area (Å²) in [6, 6.07) is -0.0872. The molecule has 0 rings (SSSR count). The lowest BCUT2D eigenvalue weighted by Gasteiger charge is -2.23. The Bertz CT molecular complexity index is 387. The van der Waals surface area contributed by atoms with Crippen LogP contribution in [-0.2, 0) is 14.4 Å². The van der Waals surface area contributed by atoms with Gasteiger partial charge in [0.05, 0.1) is 6.07 Å². The zero-order chi connectivity index (χ0) is 15.0. The number of nitrogens with one attached hydrogen (secondary N) is 2. The second-order valence-corrected chi connectivity index (χ2v) is 4.52. The van der Waals surface area contributed by atoms with Crippen LogP contribution in [0, 0.1) is 17.2 Å². The summed E-state index contributed by atoms with van der Waals surface area (Å²) in [7, 11) is 0. The van der Waals surface area contributed by atoms with Crippen molar-refractivity contribution in [1.29, 1.82) is 5.26 Å². The third-order valence-corrected chi connectivity index (χ3v) is 2.47. The number of rotatable bonds is 7. The van der Waals surface area contributed by atoms with Crippen molar-refractivity contribution in [3.8, 4) is 6.07 Å². The summed E-state index contributed by atoms with van der Waals surface area (Å²) in [6.07, 6.45) is 0.0617. The molecule has 0 radical (unpaired) electrons. The predicted octanol–water partition coefficient (Wildman–Crippen LogP) is 0.0203. The Hall–Kier alpha value is -2.10. The molecule has 7 nitrogen and oxygen atoms in total. The second kappa shape index (κ2) is 8.08. The van der Waals surface area contributed by atoms with Crippen LogP contribution in [0.5, 0.6) is 0 Å². The van der Waals surface area contributed by atoms with E-state index < -0.39 is 24.0 Å². The molecule has 0 aliphatic heterocycles. The molecule has 0 aliphatic carbocycles. The van der Waals surface area contributed by atoms with Crippen LogP contribution < -0.4 is 10.6 Å². The maximum absolute atomic E-state index is 11.9. The molecule has 7 heteroatoms. The van der Waals surface area contributed by atoms with Gasteiger partial charge >= 0.3 is 5.97 Å². The van der Waals surface area contributed by atoms with Gasteiger partial charge in [0.25, 0.3) is 0 Å². The van der Waals surface area contributed by atoms with Crippen LogP contribution in [0.3, 0.4) is 0 Å². The minimum atomic E-state index is -1.20. The van der Waals surface area contributed by atoms with Crippen molar-refractivity contribution in [2.45, 2.75) is 45.7 Å². The first-order chi connectivity index (χ1) is 8.79. The van der Waals surface area contributed by atoms with Gasteiger partial charge in [-0.3, -0.25) is 9.59 Å². The molecule has 0 saturated heterocycles. The summed E-state index contributed by atoms with van der Waals surface area (Å²) >= 11 is 0. The second-order valence-electron chi connectivity index (χ2n) is 4.52. The highest BCUT2D eigenvalue weighted by molar-refractivity contribution is 5.90. The maximum atomic E-state index is 11.9. The monoisotopic (exact) mass is 269 g/mol. The zero-order valence-electron chi connectivity index (χ0n) is 11.3. The number of nitriles is 1. The Kier molecular flexibility index (Phi) is 7.19. The SMILES string of the molecule is CC(=O)N[C@@H](C(=O)N[C@H](CCC#N)C(=O)O)C(C)C. The first-order valence-electron chi connectivity index (χ1n) is 5.96. The third kappa shape index (κ3) is 6.41. The molecule has 0 fully saturated rings. The first-order valence-corrected chi connectivity index (χ1v) is 5.96. The van der Waals surface area contributed by atoms with Gasteiger partial charge in [0, 0.05) is 13.3 Å². The van der Waals surface area contributed by atoms with Gasteiger partial charge in [-0.05, 0) is 12.3 Å². The third-order valence-electron chi connectivity index (χ3n) is 2.47. The first kappa shape index (κ1) is 16.9. The lowest BCUT2D eigenvalue weighted by atomic mass is 10.0. The van der Waals surface area contributed by atoms with E-state index in [-0.39, 0.29) is 24.7 Å². The molecule has 0 bridgehead atoms. The Morgan fingerprint density at radius 3 is 2.21 bits per heavy atom. The predicted molar refractivity (Wildman–Crippen MR) is 66.9 cm³/mol. The van der Waals surface area contributed by atoms with Gasteiger partial charge in [0.1, 0.15) is 12.1 Å². The molecule has 0 heterocycles. The molecule has 2 amide bonds. The quantitative estimate of drug-likeness (QED) is 0.602. The zero-order valence-corrected chi connectivity index (χ0v) is 11.3. The smallest absolute Gasteiger partial charge is 0.326 e. The van der Waals surface area contributed by atoms with Crippen molar-refractivity contribution >= 4 is 17.8 Å². The fraction of sp³-hybridized carbons (Fsp3) is 0.667. The Labute approximate surface area is 112 Å². The molecular formula is C12H19N3O4.